The van der Waals surface area contributed by atoms with E-state index in [-0.39, 0.29) is 13.2 Å². The third kappa shape index (κ3) is 5.57. The van der Waals surface area contributed by atoms with Crippen molar-refractivity contribution in [1.29, 1.82) is 0 Å². The molecule has 0 saturated carbocycles. The van der Waals surface area contributed by atoms with Crippen LogP contribution in [0.15, 0.2) is 60.7 Å². The second kappa shape index (κ2) is 8.53. The van der Waals surface area contributed by atoms with Gasteiger partial charge in [0.2, 0.25) is 0 Å². The van der Waals surface area contributed by atoms with Crippen molar-refractivity contribution < 1.29 is 23.7 Å². The Kier molecular flexibility index (Phi) is 6.31. The van der Waals surface area contributed by atoms with Gasteiger partial charge in [-0.1, -0.05) is 60.7 Å². The molecule has 0 N–H and O–H groups in total. The Hall–Kier alpha value is -1.62. The summed E-state index contributed by atoms with van der Waals surface area (Å²) in [5, 5.41) is 0. The fourth-order valence-electron chi connectivity index (χ4n) is 1.44. The average molecular weight is 293 g/mol. The minimum Gasteiger partial charge on any atom is -0.182 e. The Labute approximate surface area is 117 Å². The first-order valence-corrected chi connectivity index (χ1v) is 7.08. The van der Waals surface area contributed by atoms with Crippen molar-refractivity contribution in [3.8, 4) is 0 Å². The zero-order valence-electron chi connectivity index (χ0n) is 10.7. The molecule has 104 valence electrons. The zero-order valence-corrected chi connectivity index (χ0v) is 11.6. The van der Waals surface area contributed by atoms with Gasteiger partial charge in [0, 0.05) is 4.57 Å². The molecule has 0 unspecified atom stereocenters. The van der Waals surface area contributed by atoms with Crippen molar-refractivity contribution >= 4 is 8.25 Å². The van der Waals surface area contributed by atoms with E-state index in [2.05, 4.69) is 9.35 Å². The summed E-state index contributed by atoms with van der Waals surface area (Å²) in [4.78, 5) is 9.59. The van der Waals surface area contributed by atoms with Crippen LogP contribution in [-0.2, 0) is 36.9 Å². The Bertz CT molecular complexity index is 470. The molecule has 0 aromatic heterocycles. The van der Waals surface area contributed by atoms with Crippen LogP contribution in [-0.4, -0.2) is 0 Å². The summed E-state index contributed by atoms with van der Waals surface area (Å²) >= 11 is 0. The third-order valence-corrected chi connectivity index (χ3v) is 2.82. The Morgan fingerprint density at radius 3 is 1.50 bits per heavy atom. The van der Waals surface area contributed by atoms with Gasteiger partial charge in [-0.25, -0.2) is 0 Å². The number of hydrogen-bond donors (Lipinski definition) is 0. The minimum absolute atomic E-state index is 0.184. The highest BCUT2D eigenvalue weighted by Crippen LogP contribution is 2.25. The van der Waals surface area contributed by atoms with Gasteiger partial charge < -0.3 is 0 Å². The lowest BCUT2D eigenvalue weighted by Gasteiger charge is -1.96. The van der Waals surface area contributed by atoms with Crippen molar-refractivity contribution in [3.05, 3.63) is 71.8 Å². The van der Waals surface area contributed by atoms with Crippen molar-refractivity contribution in [1.82, 2.24) is 0 Å². The molecule has 0 aliphatic rings. The molecule has 2 aromatic carbocycles. The van der Waals surface area contributed by atoms with Crippen LogP contribution in [0.2, 0.25) is 0 Å². The molecule has 0 bridgehead atoms. The van der Waals surface area contributed by atoms with Crippen LogP contribution in [0.1, 0.15) is 11.1 Å². The molecule has 0 aliphatic carbocycles. The highest BCUT2D eigenvalue weighted by Gasteiger charge is 2.24. The van der Waals surface area contributed by atoms with Crippen molar-refractivity contribution in [3.63, 3.8) is 0 Å². The van der Waals surface area contributed by atoms with Crippen LogP contribution in [0, 0.1) is 0 Å². The Balaban J connectivity index is 1.59. The van der Waals surface area contributed by atoms with Crippen LogP contribution < -0.4 is 0 Å². The molecule has 0 fully saturated rings. The molecule has 5 nitrogen and oxygen atoms in total. The van der Waals surface area contributed by atoms with Crippen LogP contribution in [0.4, 0.5) is 0 Å². The van der Waals surface area contributed by atoms with Crippen LogP contribution in [0.3, 0.4) is 0 Å². The van der Waals surface area contributed by atoms with E-state index in [4.69, 9.17) is 9.78 Å². The first kappa shape index (κ1) is 14.8. The van der Waals surface area contributed by atoms with Gasteiger partial charge >= 0.3 is 8.25 Å². The van der Waals surface area contributed by atoms with Gasteiger partial charge in [-0.3, -0.25) is 0 Å². The van der Waals surface area contributed by atoms with E-state index < -0.39 is 8.25 Å². The molecule has 0 heterocycles. The minimum atomic E-state index is -2.47. The molecule has 0 amide bonds. The van der Waals surface area contributed by atoms with Gasteiger partial charge in [0.05, 0.1) is 9.35 Å². The molecule has 0 aliphatic heterocycles. The van der Waals surface area contributed by atoms with Crippen molar-refractivity contribution in [2.75, 3.05) is 0 Å². The molecule has 2 rings (SSSR count). The van der Waals surface area contributed by atoms with E-state index in [0.29, 0.717) is 0 Å². The van der Waals surface area contributed by atoms with E-state index in [1.54, 1.807) is 0 Å². The fourth-order valence-corrected chi connectivity index (χ4v) is 1.74. The summed E-state index contributed by atoms with van der Waals surface area (Å²) in [5.41, 5.74) is 1.81. The SMILES string of the molecule is O=[P+](OOCc1ccccc1)OOCc1ccccc1. The maximum atomic E-state index is 11.3. The van der Waals surface area contributed by atoms with Gasteiger partial charge in [0.25, 0.3) is 0 Å². The molecule has 6 heteroatoms. The van der Waals surface area contributed by atoms with E-state index in [0.717, 1.165) is 11.1 Å². The zero-order chi connectivity index (χ0) is 14.0. The van der Waals surface area contributed by atoms with Crippen LogP contribution >= 0.6 is 8.25 Å². The normalized spacial score (nSPS) is 10.4. The molecular weight excluding hydrogens is 279 g/mol. The predicted octanol–water partition coefficient (Wildman–Crippen LogP) is 3.94. The maximum absolute atomic E-state index is 11.3. The summed E-state index contributed by atoms with van der Waals surface area (Å²) in [6.07, 6.45) is 0. The molecule has 0 radical (unpaired) electrons. The van der Waals surface area contributed by atoms with E-state index >= 15 is 0 Å². The molecule has 0 atom stereocenters. The monoisotopic (exact) mass is 293 g/mol. The topological polar surface area (TPSA) is 54.0 Å². The van der Waals surface area contributed by atoms with E-state index in [1.165, 1.54) is 0 Å². The number of rotatable bonds is 8. The largest absolute Gasteiger partial charge is 0.759 e. The molecule has 20 heavy (non-hydrogen) atoms. The highest BCUT2D eigenvalue weighted by atomic mass is 31.1. The lowest BCUT2D eigenvalue weighted by atomic mass is 10.2. The van der Waals surface area contributed by atoms with Gasteiger partial charge in [0.1, 0.15) is 13.2 Å². The van der Waals surface area contributed by atoms with Gasteiger partial charge in [-0.2, -0.15) is 9.78 Å². The second-order valence-electron chi connectivity index (χ2n) is 3.87. The quantitative estimate of drug-likeness (QED) is 0.419. The number of hydrogen-bond acceptors (Lipinski definition) is 5. The molecule has 0 saturated heterocycles. The highest BCUT2D eigenvalue weighted by molar-refractivity contribution is 7.32. The van der Waals surface area contributed by atoms with Crippen LogP contribution in [0.25, 0.3) is 0 Å². The summed E-state index contributed by atoms with van der Waals surface area (Å²) in [7, 11) is -2.47. The fraction of sp³-hybridized carbons (Fsp3) is 0.143. The first-order valence-electron chi connectivity index (χ1n) is 5.99. The van der Waals surface area contributed by atoms with Crippen LogP contribution in [0.5, 0.6) is 0 Å². The smallest absolute Gasteiger partial charge is 0.182 e. The van der Waals surface area contributed by atoms with E-state index in [9.17, 15) is 4.57 Å². The lowest BCUT2D eigenvalue weighted by Crippen LogP contribution is -1.93. The second-order valence-corrected chi connectivity index (χ2v) is 4.61. The Morgan fingerprint density at radius 2 is 1.10 bits per heavy atom. The summed E-state index contributed by atoms with van der Waals surface area (Å²) in [5.74, 6) is 0. The third-order valence-electron chi connectivity index (χ3n) is 2.36. The maximum Gasteiger partial charge on any atom is 0.759 e. The van der Waals surface area contributed by atoms with Crippen molar-refractivity contribution in [2.45, 2.75) is 13.2 Å². The standard InChI is InChI=1S/C14H14O5P/c15-20(18-16-11-13-7-3-1-4-8-13)19-17-12-14-9-5-2-6-10-14/h1-10H,11-12H2/q+1. The van der Waals surface area contributed by atoms with Gasteiger partial charge in [0.15, 0.2) is 0 Å². The number of benzene rings is 2. The van der Waals surface area contributed by atoms with Gasteiger partial charge in [-0.15, -0.1) is 0 Å². The van der Waals surface area contributed by atoms with Crippen molar-refractivity contribution in [2.24, 2.45) is 0 Å². The molecular formula is C14H14O5P+. The summed E-state index contributed by atoms with van der Waals surface area (Å²) in [6.45, 7) is 0.369. The predicted molar refractivity (Wildman–Crippen MR) is 72.2 cm³/mol. The average Bonchev–Trinajstić information content (AvgIpc) is 2.49. The summed E-state index contributed by atoms with van der Waals surface area (Å²) < 4.78 is 20.4. The summed E-state index contributed by atoms with van der Waals surface area (Å²) in [6, 6.07) is 18.7. The first-order chi connectivity index (χ1) is 9.84. The van der Waals surface area contributed by atoms with E-state index in [1.807, 2.05) is 60.7 Å². The molecule has 2 aromatic rings. The van der Waals surface area contributed by atoms with Gasteiger partial charge in [-0.05, 0) is 11.1 Å². The molecule has 0 spiro atoms. The Morgan fingerprint density at radius 1 is 0.700 bits per heavy atom. The lowest BCUT2D eigenvalue weighted by molar-refractivity contribution is -0.269.